The number of nitro benzene ring substituents is 1. The third-order valence-corrected chi connectivity index (χ3v) is 2.77. The lowest BCUT2D eigenvalue weighted by Crippen LogP contribution is -2.13. The highest BCUT2D eigenvalue weighted by Gasteiger charge is 2.12. The fraction of sp³-hybridized carbons (Fsp3) is 0. The molecule has 2 rings (SSSR count). The molecule has 0 aliphatic heterocycles. The predicted octanol–water partition coefficient (Wildman–Crippen LogP) is 2.77. The minimum atomic E-state index is -0.557. The van der Waals surface area contributed by atoms with Gasteiger partial charge in [0.05, 0.1) is 10.6 Å². The number of non-ortho nitro benzene ring substituents is 1. The molecule has 1 aromatic heterocycles. The third-order valence-electron chi connectivity index (χ3n) is 2.56. The van der Waals surface area contributed by atoms with Crippen LogP contribution in [0.2, 0.25) is 5.15 Å². The minimum Gasteiger partial charge on any atom is -0.319 e. The van der Waals surface area contributed by atoms with Gasteiger partial charge in [0.25, 0.3) is 11.6 Å². The molecule has 0 spiro atoms. The monoisotopic (exact) mass is 302 g/mol. The molecule has 104 valence electrons. The topological polar surface area (TPSA) is 109 Å². The van der Waals surface area contributed by atoms with Crippen molar-refractivity contribution in [3.63, 3.8) is 0 Å². The van der Waals surface area contributed by atoms with Crippen molar-refractivity contribution in [2.75, 3.05) is 5.32 Å². The summed E-state index contributed by atoms with van der Waals surface area (Å²) in [5, 5.41) is 22.1. The molecule has 0 saturated heterocycles. The zero-order chi connectivity index (χ0) is 15.4. The normalized spacial score (nSPS) is 9.71. The third kappa shape index (κ3) is 3.32. The summed E-state index contributed by atoms with van der Waals surface area (Å²) < 4.78 is 0. The number of carbonyl (C=O) groups excluding carboxylic acids is 1. The van der Waals surface area contributed by atoms with E-state index in [0.29, 0.717) is 0 Å². The lowest BCUT2D eigenvalue weighted by atomic mass is 10.2. The Morgan fingerprint density at radius 3 is 2.52 bits per heavy atom. The number of nitrogens with one attached hydrogen (secondary N) is 1. The van der Waals surface area contributed by atoms with Crippen LogP contribution in [0, 0.1) is 21.4 Å². The van der Waals surface area contributed by atoms with E-state index in [9.17, 15) is 14.9 Å². The molecule has 1 aromatic carbocycles. The van der Waals surface area contributed by atoms with Gasteiger partial charge in [-0.25, -0.2) is 4.98 Å². The van der Waals surface area contributed by atoms with Crippen LogP contribution in [0.25, 0.3) is 0 Å². The number of anilines is 1. The lowest BCUT2D eigenvalue weighted by Gasteiger charge is -2.06. The number of nitriles is 1. The van der Waals surface area contributed by atoms with Crippen LogP contribution < -0.4 is 5.32 Å². The molecule has 2 aromatic rings. The Morgan fingerprint density at radius 1 is 1.29 bits per heavy atom. The Hall–Kier alpha value is -2.98. The summed E-state index contributed by atoms with van der Waals surface area (Å²) in [5.41, 5.74) is 0.305. The van der Waals surface area contributed by atoms with Crippen LogP contribution in [0.3, 0.4) is 0 Å². The number of pyridine rings is 1. The SMILES string of the molecule is N#Cc1nc(Cl)ccc1NC(=O)c1ccc([N+](=O)[O-])cc1. The van der Waals surface area contributed by atoms with E-state index in [1.54, 1.807) is 0 Å². The van der Waals surface area contributed by atoms with E-state index in [1.807, 2.05) is 6.07 Å². The molecule has 0 saturated carbocycles. The summed E-state index contributed by atoms with van der Waals surface area (Å²) in [6.07, 6.45) is 0. The predicted molar refractivity (Wildman–Crippen MR) is 75.0 cm³/mol. The smallest absolute Gasteiger partial charge is 0.269 e. The average Bonchev–Trinajstić information content (AvgIpc) is 2.49. The second kappa shape index (κ2) is 5.98. The Kier molecular flexibility index (Phi) is 4.11. The van der Waals surface area contributed by atoms with Crippen molar-refractivity contribution in [3.05, 3.63) is 62.9 Å². The Bertz CT molecular complexity index is 753. The van der Waals surface area contributed by atoms with Crippen molar-refractivity contribution >= 4 is 28.9 Å². The second-order valence-corrected chi connectivity index (χ2v) is 4.29. The average molecular weight is 303 g/mol. The molecule has 0 fully saturated rings. The summed E-state index contributed by atoms with van der Waals surface area (Å²) in [5.74, 6) is -0.509. The molecule has 21 heavy (non-hydrogen) atoms. The molecular formula is C13H7ClN4O3. The van der Waals surface area contributed by atoms with Gasteiger partial charge in [0.15, 0.2) is 5.69 Å². The highest BCUT2D eigenvalue weighted by Crippen LogP contribution is 2.18. The second-order valence-electron chi connectivity index (χ2n) is 3.90. The fourth-order valence-corrected chi connectivity index (χ4v) is 1.70. The van der Waals surface area contributed by atoms with Gasteiger partial charge < -0.3 is 5.32 Å². The van der Waals surface area contributed by atoms with Crippen molar-refractivity contribution in [2.45, 2.75) is 0 Å². The lowest BCUT2D eigenvalue weighted by molar-refractivity contribution is -0.384. The van der Waals surface area contributed by atoms with E-state index < -0.39 is 10.8 Å². The van der Waals surface area contributed by atoms with Crippen LogP contribution in [0.4, 0.5) is 11.4 Å². The summed E-state index contributed by atoms with van der Waals surface area (Å²) >= 11 is 5.66. The maximum Gasteiger partial charge on any atom is 0.269 e. The number of nitrogens with zero attached hydrogens (tertiary/aromatic N) is 3. The Labute approximate surface area is 123 Å². The maximum absolute atomic E-state index is 12.0. The fourth-order valence-electron chi connectivity index (χ4n) is 1.55. The number of aromatic nitrogens is 1. The number of hydrogen-bond donors (Lipinski definition) is 1. The molecule has 0 atom stereocenters. The van der Waals surface area contributed by atoms with Crippen molar-refractivity contribution < 1.29 is 9.72 Å². The van der Waals surface area contributed by atoms with Gasteiger partial charge in [-0.2, -0.15) is 5.26 Å². The van der Waals surface area contributed by atoms with Crippen LogP contribution in [0.15, 0.2) is 36.4 Å². The van der Waals surface area contributed by atoms with Gasteiger partial charge in [-0.05, 0) is 24.3 Å². The van der Waals surface area contributed by atoms with Crippen molar-refractivity contribution in [2.24, 2.45) is 0 Å². The highest BCUT2D eigenvalue weighted by molar-refractivity contribution is 6.29. The first kappa shape index (κ1) is 14.4. The summed E-state index contributed by atoms with van der Waals surface area (Å²) in [4.78, 5) is 25.8. The van der Waals surface area contributed by atoms with Crippen LogP contribution >= 0.6 is 11.6 Å². The first-order chi connectivity index (χ1) is 10.0. The molecule has 1 N–H and O–H groups in total. The molecule has 0 bridgehead atoms. The Morgan fingerprint density at radius 2 is 1.95 bits per heavy atom. The van der Waals surface area contributed by atoms with Crippen molar-refractivity contribution in [1.29, 1.82) is 5.26 Å². The number of hydrogen-bond acceptors (Lipinski definition) is 5. The first-order valence-corrected chi connectivity index (χ1v) is 6.01. The standard InChI is InChI=1S/C13H7ClN4O3/c14-12-6-5-10(11(7-15)16-12)17-13(19)8-1-3-9(4-2-8)18(20)21/h1-6H,(H,17,19). The summed E-state index contributed by atoms with van der Waals surface area (Å²) in [6.45, 7) is 0. The van der Waals surface area contributed by atoms with E-state index >= 15 is 0 Å². The van der Waals surface area contributed by atoms with E-state index in [4.69, 9.17) is 16.9 Å². The number of amides is 1. The number of halogens is 1. The van der Waals surface area contributed by atoms with Crippen LogP contribution in [-0.2, 0) is 0 Å². The molecule has 0 aliphatic rings. The van der Waals surface area contributed by atoms with E-state index in [2.05, 4.69) is 10.3 Å². The quantitative estimate of drug-likeness (QED) is 0.532. The first-order valence-electron chi connectivity index (χ1n) is 5.63. The molecule has 0 radical (unpaired) electrons. The van der Waals surface area contributed by atoms with Crippen molar-refractivity contribution in [3.8, 4) is 6.07 Å². The molecule has 8 heteroatoms. The van der Waals surface area contributed by atoms with Gasteiger partial charge >= 0.3 is 0 Å². The molecule has 0 aliphatic carbocycles. The zero-order valence-corrected chi connectivity index (χ0v) is 11.2. The molecule has 7 nitrogen and oxygen atoms in total. The summed E-state index contributed by atoms with van der Waals surface area (Å²) in [7, 11) is 0. The Balaban J connectivity index is 2.22. The number of benzene rings is 1. The molecule has 1 heterocycles. The van der Waals surface area contributed by atoms with E-state index in [0.717, 1.165) is 0 Å². The number of rotatable bonds is 3. The minimum absolute atomic E-state index is 0.0160. The molecule has 0 unspecified atom stereocenters. The van der Waals surface area contributed by atoms with Gasteiger partial charge in [-0.1, -0.05) is 11.6 Å². The van der Waals surface area contributed by atoms with Gasteiger partial charge in [-0.15, -0.1) is 0 Å². The van der Waals surface area contributed by atoms with Crippen molar-refractivity contribution in [1.82, 2.24) is 4.98 Å². The van der Waals surface area contributed by atoms with E-state index in [1.165, 1.54) is 36.4 Å². The highest BCUT2D eigenvalue weighted by atomic mass is 35.5. The van der Waals surface area contributed by atoms with E-state index in [-0.39, 0.29) is 27.8 Å². The van der Waals surface area contributed by atoms with Gasteiger partial charge in [-0.3, -0.25) is 14.9 Å². The maximum atomic E-state index is 12.0. The van der Waals surface area contributed by atoms with Crippen LogP contribution in [-0.4, -0.2) is 15.8 Å². The van der Waals surface area contributed by atoms with Gasteiger partial charge in [0.2, 0.25) is 0 Å². The van der Waals surface area contributed by atoms with Crippen LogP contribution in [0.5, 0.6) is 0 Å². The zero-order valence-electron chi connectivity index (χ0n) is 10.4. The van der Waals surface area contributed by atoms with Crippen LogP contribution in [0.1, 0.15) is 16.1 Å². The molecular weight excluding hydrogens is 296 g/mol. The molecule has 1 amide bonds. The largest absolute Gasteiger partial charge is 0.319 e. The van der Waals surface area contributed by atoms with Gasteiger partial charge in [0.1, 0.15) is 11.2 Å². The van der Waals surface area contributed by atoms with Gasteiger partial charge in [0, 0.05) is 17.7 Å². The number of carbonyl (C=O) groups is 1. The summed E-state index contributed by atoms with van der Waals surface area (Å²) in [6, 6.07) is 9.80. The number of nitro groups is 1.